The highest BCUT2D eigenvalue weighted by Crippen LogP contribution is 2.31. The second kappa shape index (κ2) is 8.92. The number of benzene rings is 1. The number of carbonyl (C=O) groups is 1. The summed E-state index contributed by atoms with van der Waals surface area (Å²) >= 11 is 0. The van der Waals surface area contributed by atoms with E-state index in [1.54, 1.807) is 0 Å². The van der Waals surface area contributed by atoms with Crippen molar-refractivity contribution in [3.8, 4) is 5.75 Å². The molecule has 1 aromatic carbocycles. The Hall–Kier alpha value is -1.55. The van der Waals surface area contributed by atoms with Crippen LogP contribution in [0.2, 0.25) is 0 Å². The lowest BCUT2D eigenvalue weighted by Crippen LogP contribution is -2.38. The molecule has 1 fully saturated rings. The zero-order chi connectivity index (χ0) is 16.7. The normalized spacial score (nSPS) is 17.8. The second-order valence-corrected chi connectivity index (χ2v) is 6.31. The van der Waals surface area contributed by atoms with Crippen LogP contribution in [0.1, 0.15) is 57.6 Å². The highest BCUT2D eigenvalue weighted by molar-refractivity contribution is 5.70. The predicted octanol–water partition coefficient (Wildman–Crippen LogP) is 4.11. The summed E-state index contributed by atoms with van der Waals surface area (Å²) in [5.41, 5.74) is 1.32. The number of nitrogens with zero attached hydrogens (tertiary/aromatic N) is 1. The van der Waals surface area contributed by atoms with Gasteiger partial charge in [0.15, 0.2) is 0 Å². The summed E-state index contributed by atoms with van der Waals surface area (Å²) in [5, 5.41) is 9.17. The summed E-state index contributed by atoms with van der Waals surface area (Å²) in [7, 11) is 0. The molecule has 1 aromatic rings. The third kappa shape index (κ3) is 4.96. The Labute approximate surface area is 139 Å². The minimum Gasteiger partial charge on any atom is -0.494 e. The lowest BCUT2D eigenvalue weighted by molar-refractivity contribution is -0.143. The van der Waals surface area contributed by atoms with Crippen LogP contribution in [0.25, 0.3) is 0 Å². The van der Waals surface area contributed by atoms with Gasteiger partial charge in [0.05, 0.1) is 12.5 Å². The molecule has 0 saturated carbocycles. The van der Waals surface area contributed by atoms with Crippen molar-refractivity contribution in [2.75, 3.05) is 19.7 Å². The van der Waals surface area contributed by atoms with Crippen molar-refractivity contribution < 1.29 is 14.6 Å². The fraction of sp³-hybridized carbons (Fsp3) is 0.632. The lowest BCUT2D eigenvalue weighted by atomic mass is 9.92. The Morgan fingerprint density at radius 1 is 1.26 bits per heavy atom. The van der Waals surface area contributed by atoms with Crippen LogP contribution in [0.15, 0.2) is 24.3 Å². The molecule has 1 aliphatic heterocycles. The minimum absolute atomic E-state index is 0.168. The molecule has 2 rings (SSSR count). The molecule has 0 spiro atoms. The Morgan fingerprint density at radius 3 is 2.43 bits per heavy atom. The van der Waals surface area contributed by atoms with Crippen molar-refractivity contribution in [2.45, 2.75) is 52.0 Å². The van der Waals surface area contributed by atoms with Crippen LogP contribution in [0.3, 0.4) is 0 Å². The molecule has 0 aliphatic carbocycles. The molecular formula is C19H29NO3. The van der Waals surface area contributed by atoms with E-state index in [2.05, 4.69) is 24.0 Å². The maximum absolute atomic E-state index is 11.1. The number of hydrogen-bond donors (Lipinski definition) is 1. The molecule has 0 aromatic heterocycles. The summed E-state index contributed by atoms with van der Waals surface area (Å²) in [6, 6.07) is 8.80. The van der Waals surface area contributed by atoms with Crippen LogP contribution in [-0.4, -0.2) is 35.7 Å². The Kier molecular flexibility index (Phi) is 6.90. The molecule has 128 valence electrons. The maximum atomic E-state index is 11.1. The number of aliphatic carboxylic acids is 1. The van der Waals surface area contributed by atoms with Gasteiger partial charge in [-0.05, 0) is 57.0 Å². The van der Waals surface area contributed by atoms with Crippen molar-refractivity contribution >= 4 is 5.97 Å². The van der Waals surface area contributed by atoms with Crippen molar-refractivity contribution in [1.29, 1.82) is 0 Å². The third-order valence-corrected chi connectivity index (χ3v) is 4.73. The maximum Gasteiger partial charge on any atom is 0.306 e. The van der Waals surface area contributed by atoms with E-state index in [-0.39, 0.29) is 5.92 Å². The van der Waals surface area contributed by atoms with E-state index in [0.717, 1.165) is 38.1 Å². The summed E-state index contributed by atoms with van der Waals surface area (Å²) in [4.78, 5) is 13.6. The standard InChI is InChI=1S/C19H29NO3/c1-3-5-6-18(15-7-9-17(10-8-15)23-4-2)20-13-11-16(12-14-20)19(21)22/h7-10,16,18H,3-6,11-14H2,1-2H3,(H,21,22). The number of unbranched alkanes of at least 4 members (excludes halogenated alkanes) is 1. The molecule has 23 heavy (non-hydrogen) atoms. The van der Waals surface area contributed by atoms with E-state index in [1.807, 2.05) is 19.1 Å². The quantitative estimate of drug-likeness (QED) is 0.783. The third-order valence-electron chi connectivity index (χ3n) is 4.73. The van der Waals surface area contributed by atoms with Gasteiger partial charge in [-0.1, -0.05) is 31.9 Å². The molecule has 1 N–H and O–H groups in total. The highest BCUT2D eigenvalue weighted by atomic mass is 16.5. The number of ether oxygens (including phenoxy) is 1. The molecular weight excluding hydrogens is 290 g/mol. The predicted molar refractivity (Wildman–Crippen MR) is 91.8 cm³/mol. The van der Waals surface area contributed by atoms with Gasteiger partial charge < -0.3 is 9.84 Å². The highest BCUT2D eigenvalue weighted by Gasteiger charge is 2.28. The van der Waals surface area contributed by atoms with Gasteiger partial charge in [0.25, 0.3) is 0 Å². The molecule has 1 saturated heterocycles. The van der Waals surface area contributed by atoms with E-state index in [4.69, 9.17) is 4.74 Å². The smallest absolute Gasteiger partial charge is 0.306 e. The first-order chi connectivity index (χ1) is 11.2. The van der Waals surface area contributed by atoms with Gasteiger partial charge in [0.2, 0.25) is 0 Å². The van der Waals surface area contributed by atoms with E-state index in [9.17, 15) is 9.90 Å². The summed E-state index contributed by atoms with van der Waals surface area (Å²) in [6.45, 7) is 6.63. The van der Waals surface area contributed by atoms with Gasteiger partial charge in [0.1, 0.15) is 5.75 Å². The average Bonchev–Trinajstić information content (AvgIpc) is 2.57. The van der Waals surface area contributed by atoms with E-state index in [0.29, 0.717) is 12.6 Å². The Balaban J connectivity index is 2.06. The first-order valence-electron chi connectivity index (χ1n) is 8.85. The number of hydrogen-bond acceptors (Lipinski definition) is 3. The minimum atomic E-state index is -0.643. The average molecular weight is 319 g/mol. The molecule has 1 aliphatic rings. The summed E-state index contributed by atoms with van der Waals surface area (Å²) < 4.78 is 5.53. The van der Waals surface area contributed by atoms with Gasteiger partial charge in [-0.3, -0.25) is 9.69 Å². The number of carboxylic acid groups (broad SMARTS) is 1. The zero-order valence-electron chi connectivity index (χ0n) is 14.3. The first-order valence-corrected chi connectivity index (χ1v) is 8.85. The van der Waals surface area contributed by atoms with Crippen LogP contribution in [0.5, 0.6) is 5.75 Å². The molecule has 4 nitrogen and oxygen atoms in total. The monoisotopic (exact) mass is 319 g/mol. The van der Waals surface area contributed by atoms with Crippen molar-refractivity contribution in [2.24, 2.45) is 5.92 Å². The zero-order valence-corrected chi connectivity index (χ0v) is 14.3. The molecule has 0 amide bonds. The van der Waals surface area contributed by atoms with E-state index >= 15 is 0 Å². The SMILES string of the molecule is CCCCC(c1ccc(OCC)cc1)N1CCC(C(=O)O)CC1. The summed E-state index contributed by atoms with van der Waals surface area (Å²) in [6.07, 6.45) is 5.02. The fourth-order valence-corrected chi connectivity index (χ4v) is 3.37. The van der Waals surface area contributed by atoms with Gasteiger partial charge >= 0.3 is 5.97 Å². The number of rotatable bonds is 8. The van der Waals surface area contributed by atoms with Gasteiger partial charge in [-0.15, -0.1) is 0 Å². The molecule has 1 unspecified atom stereocenters. The molecule has 4 heteroatoms. The first kappa shape index (κ1) is 17.8. The van der Waals surface area contributed by atoms with Gasteiger partial charge in [0, 0.05) is 6.04 Å². The number of carboxylic acids is 1. The second-order valence-electron chi connectivity index (χ2n) is 6.31. The van der Waals surface area contributed by atoms with Crippen LogP contribution >= 0.6 is 0 Å². The van der Waals surface area contributed by atoms with Crippen LogP contribution in [0.4, 0.5) is 0 Å². The summed E-state index contributed by atoms with van der Waals surface area (Å²) in [5.74, 6) is 0.101. The van der Waals surface area contributed by atoms with E-state index in [1.165, 1.54) is 18.4 Å². The Bertz CT molecular complexity index is 478. The van der Waals surface area contributed by atoms with Crippen molar-refractivity contribution in [1.82, 2.24) is 4.90 Å². The lowest BCUT2D eigenvalue weighted by Gasteiger charge is -2.37. The van der Waals surface area contributed by atoms with Crippen LogP contribution < -0.4 is 4.74 Å². The van der Waals surface area contributed by atoms with Crippen LogP contribution in [0, 0.1) is 5.92 Å². The molecule has 1 atom stereocenters. The van der Waals surface area contributed by atoms with E-state index < -0.39 is 5.97 Å². The topological polar surface area (TPSA) is 49.8 Å². The van der Waals surface area contributed by atoms with Gasteiger partial charge in [-0.25, -0.2) is 0 Å². The molecule has 0 bridgehead atoms. The largest absolute Gasteiger partial charge is 0.494 e. The van der Waals surface area contributed by atoms with Crippen molar-refractivity contribution in [3.05, 3.63) is 29.8 Å². The Morgan fingerprint density at radius 2 is 1.91 bits per heavy atom. The number of piperidine rings is 1. The van der Waals surface area contributed by atoms with Gasteiger partial charge in [-0.2, -0.15) is 0 Å². The molecule has 1 heterocycles. The van der Waals surface area contributed by atoms with Crippen molar-refractivity contribution in [3.63, 3.8) is 0 Å². The molecule has 0 radical (unpaired) electrons. The van der Waals surface area contributed by atoms with Crippen LogP contribution in [-0.2, 0) is 4.79 Å². The number of likely N-dealkylation sites (tertiary alicyclic amines) is 1. The fourth-order valence-electron chi connectivity index (χ4n) is 3.37.